The zero-order chi connectivity index (χ0) is 17.5. The molecule has 5 nitrogen and oxygen atoms in total. The summed E-state index contributed by atoms with van der Waals surface area (Å²) in [6.45, 7) is 2.84. The van der Waals surface area contributed by atoms with Crippen LogP contribution >= 0.6 is 0 Å². The number of ether oxygens (including phenoxy) is 1. The first kappa shape index (κ1) is 15.8. The Morgan fingerprint density at radius 1 is 1.12 bits per heavy atom. The highest BCUT2D eigenvalue weighted by atomic mass is 16.5. The van der Waals surface area contributed by atoms with Crippen molar-refractivity contribution in [1.82, 2.24) is 15.5 Å². The number of hydrogen-bond donors (Lipinski definition) is 1. The number of fused-ring (bicyclic) bond motifs is 3. The lowest BCUT2D eigenvalue weighted by Crippen LogP contribution is -2.24. The molecule has 2 atom stereocenters. The summed E-state index contributed by atoms with van der Waals surface area (Å²) in [5.74, 6) is 3.07. The highest BCUT2D eigenvalue weighted by Gasteiger charge is 2.30. The van der Waals surface area contributed by atoms with Crippen molar-refractivity contribution in [2.45, 2.75) is 50.6 Å². The number of nitrogens with zero attached hydrogens (tertiary/aromatic N) is 2. The van der Waals surface area contributed by atoms with Crippen molar-refractivity contribution < 1.29 is 9.26 Å². The highest BCUT2D eigenvalue weighted by molar-refractivity contribution is 5.89. The maximum Gasteiger partial charge on any atom is 0.243 e. The molecule has 1 aliphatic carbocycles. The van der Waals surface area contributed by atoms with E-state index < -0.39 is 0 Å². The first-order chi connectivity index (χ1) is 12.8. The number of nitrogens with one attached hydrogen (secondary N) is 1. The van der Waals surface area contributed by atoms with Gasteiger partial charge in [-0.05, 0) is 38.0 Å². The van der Waals surface area contributed by atoms with Crippen molar-refractivity contribution in [3.8, 4) is 5.75 Å². The van der Waals surface area contributed by atoms with E-state index in [1.54, 1.807) is 0 Å². The highest BCUT2D eigenvalue weighted by Crippen LogP contribution is 2.40. The number of aromatic nitrogens is 2. The molecular formula is C21H23N3O2. The molecule has 1 aliphatic heterocycles. The molecule has 0 amide bonds. The molecule has 0 bridgehead atoms. The number of benzene rings is 2. The molecule has 0 unspecified atom stereocenters. The van der Waals surface area contributed by atoms with Gasteiger partial charge in [0.05, 0.1) is 12.6 Å². The normalized spacial score (nSPS) is 21.0. The van der Waals surface area contributed by atoms with Gasteiger partial charge in [-0.15, -0.1) is 0 Å². The van der Waals surface area contributed by atoms with E-state index in [-0.39, 0.29) is 12.1 Å². The minimum atomic E-state index is 0.0115. The zero-order valence-corrected chi connectivity index (χ0v) is 14.9. The minimum absolute atomic E-state index is 0.0115. The molecule has 1 fully saturated rings. The summed E-state index contributed by atoms with van der Waals surface area (Å²) >= 11 is 0. The minimum Gasteiger partial charge on any atom is -0.493 e. The molecule has 2 aliphatic rings. The summed E-state index contributed by atoms with van der Waals surface area (Å²) in [6.07, 6.45) is 4.41. The Morgan fingerprint density at radius 2 is 2.00 bits per heavy atom. The molecule has 5 heteroatoms. The molecule has 0 saturated heterocycles. The van der Waals surface area contributed by atoms with Gasteiger partial charge in [0.25, 0.3) is 0 Å². The maximum absolute atomic E-state index is 6.13. The van der Waals surface area contributed by atoms with Crippen LogP contribution in [0, 0.1) is 0 Å². The van der Waals surface area contributed by atoms with E-state index >= 15 is 0 Å². The number of rotatable bonds is 4. The summed E-state index contributed by atoms with van der Waals surface area (Å²) in [5.41, 5.74) is 1.22. The summed E-state index contributed by atoms with van der Waals surface area (Å²) in [7, 11) is 0. The van der Waals surface area contributed by atoms with E-state index in [1.165, 1.54) is 29.2 Å². The molecule has 1 saturated carbocycles. The van der Waals surface area contributed by atoms with Gasteiger partial charge < -0.3 is 9.26 Å². The van der Waals surface area contributed by atoms with Crippen molar-refractivity contribution in [2.24, 2.45) is 0 Å². The third-order valence-corrected chi connectivity index (χ3v) is 5.39. The smallest absolute Gasteiger partial charge is 0.243 e. The topological polar surface area (TPSA) is 60.2 Å². The van der Waals surface area contributed by atoms with Crippen molar-refractivity contribution in [3.05, 3.63) is 53.7 Å². The van der Waals surface area contributed by atoms with E-state index in [4.69, 9.17) is 9.26 Å². The second-order valence-corrected chi connectivity index (χ2v) is 7.40. The summed E-state index contributed by atoms with van der Waals surface area (Å²) < 4.78 is 11.6. The van der Waals surface area contributed by atoms with Crippen LogP contribution in [0.3, 0.4) is 0 Å². The Bertz CT molecular complexity index is 932. The van der Waals surface area contributed by atoms with Crippen LogP contribution < -0.4 is 10.1 Å². The first-order valence-electron chi connectivity index (χ1n) is 9.53. The van der Waals surface area contributed by atoms with E-state index in [0.717, 1.165) is 31.0 Å². The van der Waals surface area contributed by atoms with Crippen LogP contribution in [0.5, 0.6) is 5.75 Å². The molecule has 134 valence electrons. The lowest BCUT2D eigenvalue weighted by molar-refractivity contribution is 0.308. The van der Waals surface area contributed by atoms with Crippen LogP contribution in [0.25, 0.3) is 10.8 Å². The molecule has 3 aromatic rings. The van der Waals surface area contributed by atoms with Gasteiger partial charge in [-0.2, -0.15) is 4.98 Å². The van der Waals surface area contributed by atoms with Gasteiger partial charge in [-0.3, -0.25) is 5.32 Å². The second kappa shape index (κ2) is 6.40. The fourth-order valence-corrected chi connectivity index (χ4v) is 3.79. The van der Waals surface area contributed by atoms with Crippen LogP contribution in [-0.2, 0) is 0 Å². The van der Waals surface area contributed by atoms with Gasteiger partial charge in [-0.25, -0.2) is 0 Å². The van der Waals surface area contributed by atoms with Gasteiger partial charge in [0.15, 0.2) is 5.82 Å². The predicted molar refractivity (Wildman–Crippen MR) is 99.2 cm³/mol. The fourth-order valence-electron chi connectivity index (χ4n) is 3.79. The molecule has 2 heterocycles. The standard InChI is InChI=1S/C21H23N3O2/c1-13(21-23-20(24-26-21)15-8-9-15)22-18-7-4-12-25-19-16-6-3-2-5-14(16)10-11-17(18)19/h2-3,5-6,10-11,13,15,18,22H,4,7-9,12H2,1H3/t13-,18-/m0/s1. The molecule has 0 spiro atoms. The Balaban J connectivity index is 1.44. The molecule has 1 N–H and O–H groups in total. The Morgan fingerprint density at radius 3 is 2.88 bits per heavy atom. The van der Waals surface area contributed by atoms with Crippen molar-refractivity contribution in [1.29, 1.82) is 0 Å². The van der Waals surface area contributed by atoms with E-state index in [2.05, 4.69) is 58.8 Å². The molecule has 0 radical (unpaired) electrons. The average molecular weight is 349 g/mol. The van der Waals surface area contributed by atoms with Crippen molar-refractivity contribution in [3.63, 3.8) is 0 Å². The maximum atomic E-state index is 6.13. The van der Waals surface area contributed by atoms with Crippen LogP contribution in [0.1, 0.15) is 67.9 Å². The zero-order valence-electron chi connectivity index (χ0n) is 14.9. The Labute approximate surface area is 152 Å². The summed E-state index contributed by atoms with van der Waals surface area (Å²) in [6, 6.07) is 13.0. The average Bonchev–Trinajstić information content (AvgIpc) is 3.44. The van der Waals surface area contributed by atoms with E-state index in [9.17, 15) is 0 Å². The Kier molecular flexibility index (Phi) is 3.89. The van der Waals surface area contributed by atoms with Gasteiger partial charge in [-0.1, -0.05) is 41.6 Å². The van der Waals surface area contributed by atoms with Crippen LogP contribution in [0.4, 0.5) is 0 Å². The van der Waals surface area contributed by atoms with E-state index in [1.807, 2.05) is 0 Å². The molecule has 26 heavy (non-hydrogen) atoms. The van der Waals surface area contributed by atoms with E-state index in [0.29, 0.717) is 11.8 Å². The molecule has 1 aromatic heterocycles. The quantitative estimate of drug-likeness (QED) is 0.742. The molecular weight excluding hydrogens is 326 g/mol. The SMILES string of the molecule is C[C@H](N[C@H]1CCCOc2c1ccc1ccccc21)c1nc(C2CC2)no1. The van der Waals surface area contributed by atoms with Crippen molar-refractivity contribution >= 4 is 10.8 Å². The number of hydrogen-bond acceptors (Lipinski definition) is 5. The predicted octanol–water partition coefficient (Wildman–Crippen LogP) is 4.66. The molecule has 2 aromatic carbocycles. The van der Waals surface area contributed by atoms with Gasteiger partial charge >= 0.3 is 0 Å². The first-order valence-corrected chi connectivity index (χ1v) is 9.53. The van der Waals surface area contributed by atoms with Gasteiger partial charge in [0, 0.05) is 22.9 Å². The molecule has 5 rings (SSSR count). The van der Waals surface area contributed by atoms with Crippen molar-refractivity contribution in [2.75, 3.05) is 6.61 Å². The van der Waals surface area contributed by atoms with Crippen LogP contribution in [0.2, 0.25) is 0 Å². The summed E-state index contributed by atoms with van der Waals surface area (Å²) in [5, 5.41) is 10.2. The third-order valence-electron chi connectivity index (χ3n) is 5.39. The monoisotopic (exact) mass is 349 g/mol. The van der Waals surface area contributed by atoms with Crippen LogP contribution in [-0.4, -0.2) is 16.7 Å². The fraction of sp³-hybridized carbons (Fsp3) is 0.429. The van der Waals surface area contributed by atoms with Gasteiger partial charge in [0.2, 0.25) is 5.89 Å². The second-order valence-electron chi connectivity index (χ2n) is 7.40. The van der Waals surface area contributed by atoms with Crippen LogP contribution in [0.15, 0.2) is 40.9 Å². The largest absolute Gasteiger partial charge is 0.493 e. The lowest BCUT2D eigenvalue weighted by Gasteiger charge is -2.22. The van der Waals surface area contributed by atoms with Gasteiger partial charge in [0.1, 0.15) is 5.75 Å². The Hall–Kier alpha value is -2.40. The lowest BCUT2D eigenvalue weighted by atomic mass is 9.97. The third kappa shape index (κ3) is 2.86. The summed E-state index contributed by atoms with van der Waals surface area (Å²) in [4.78, 5) is 4.60.